The molecule has 0 aliphatic carbocycles. The second kappa shape index (κ2) is 7.26. The van der Waals surface area contributed by atoms with Crippen LogP contribution in [0.2, 0.25) is 0 Å². The lowest BCUT2D eigenvalue weighted by atomic mass is 10.2. The highest BCUT2D eigenvalue weighted by Crippen LogP contribution is 2.20. The van der Waals surface area contributed by atoms with Crippen molar-refractivity contribution in [1.82, 2.24) is 5.32 Å². The lowest BCUT2D eigenvalue weighted by molar-refractivity contribution is -0.125. The molecule has 0 spiro atoms. The number of hydrogen-bond acceptors (Lipinski definition) is 4. The first-order valence-electron chi connectivity index (χ1n) is 6.27. The quantitative estimate of drug-likeness (QED) is 0.889. The van der Waals surface area contributed by atoms with Crippen LogP contribution in [0.25, 0.3) is 0 Å². The average Bonchev–Trinajstić information content (AvgIpc) is 2.63. The van der Waals surface area contributed by atoms with Gasteiger partial charge in [0.25, 0.3) is 0 Å². The van der Waals surface area contributed by atoms with Gasteiger partial charge in [-0.1, -0.05) is 6.07 Å². The number of carbonyl (C=O) groups excluding carboxylic acids is 2. The van der Waals surface area contributed by atoms with Crippen molar-refractivity contribution in [2.75, 3.05) is 16.8 Å². The van der Waals surface area contributed by atoms with Gasteiger partial charge in [0.05, 0.1) is 0 Å². The predicted octanol–water partition coefficient (Wildman–Crippen LogP) is 1.85. The van der Waals surface area contributed by atoms with E-state index >= 15 is 0 Å². The average molecular weight is 316 g/mol. The van der Waals surface area contributed by atoms with Gasteiger partial charge in [-0.25, -0.2) is 0 Å². The molecule has 21 heavy (non-hydrogen) atoms. The molecule has 1 aliphatic rings. The first-order chi connectivity index (χ1) is 10.0. The van der Waals surface area contributed by atoms with Crippen LogP contribution in [-0.4, -0.2) is 36.0 Å². The van der Waals surface area contributed by atoms with Gasteiger partial charge in [0.15, 0.2) is 0 Å². The van der Waals surface area contributed by atoms with E-state index in [2.05, 4.69) is 15.4 Å². The molecule has 8 heteroatoms. The van der Waals surface area contributed by atoms with Crippen LogP contribution in [0.1, 0.15) is 6.42 Å². The fraction of sp³-hybridized carbons (Fsp3) is 0.385. The third-order valence-corrected chi connectivity index (χ3v) is 3.80. The zero-order valence-corrected chi connectivity index (χ0v) is 11.8. The maximum atomic E-state index is 12.1. The zero-order chi connectivity index (χ0) is 15.2. The molecule has 0 bridgehead atoms. The lowest BCUT2D eigenvalue weighted by Gasteiger charge is -2.15. The van der Waals surface area contributed by atoms with Gasteiger partial charge in [0.1, 0.15) is 11.8 Å². The molecule has 2 rings (SSSR count). The van der Waals surface area contributed by atoms with E-state index in [4.69, 9.17) is 0 Å². The van der Waals surface area contributed by atoms with Crippen LogP contribution in [0.15, 0.2) is 24.3 Å². The number of hydrogen-bond donors (Lipinski definition) is 2. The minimum Gasteiger partial charge on any atom is -0.435 e. The predicted molar refractivity (Wildman–Crippen MR) is 75.6 cm³/mol. The molecule has 2 amide bonds. The largest absolute Gasteiger partial charge is 0.435 e. The van der Waals surface area contributed by atoms with Gasteiger partial charge < -0.3 is 15.4 Å². The maximum Gasteiger partial charge on any atom is 0.387 e. The van der Waals surface area contributed by atoms with Crippen molar-refractivity contribution in [2.24, 2.45) is 0 Å². The Morgan fingerprint density at radius 3 is 3.05 bits per heavy atom. The SMILES string of the molecule is O=C1CCSC[C@@H](C(=O)Nc2cccc(OC(F)F)c2)N1. The molecular weight excluding hydrogens is 302 g/mol. The topological polar surface area (TPSA) is 67.4 Å². The Morgan fingerprint density at radius 2 is 2.29 bits per heavy atom. The normalized spacial score (nSPS) is 18.8. The second-order valence-electron chi connectivity index (χ2n) is 4.34. The highest BCUT2D eigenvalue weighted by atomic mass is 32.2. The molecule has 1 aliphatic heterocycles. The first-order valence-corrected chi connectivity index (χ1v) is 7.43. The van der Waals surface area contributed by atoms with Crippen molar-refractivity contribution in [3.05, 3.63) is 24.3 Å². The highest BCUT2D eigenvalue weighted by Gasteiger charge is 2.23. The molecule has 114 valence electrons. The molecule has 1 aromatic carbocycles. The Bertz CT molecular complexity index is 528. The summed E-state index contributed by atoms with van der Waals surface area (Å²) in [4.78, 5) is 23.5. The van der Waals surface area contributed by atoms with Crippen LogP contribution >= 0.6 is 11.8 Å². The fourth-order valence-corrected chi connectivity index (χ4v) is 2.76. The fourth-order valence-electron chi connectivity index (χ4n) is 1.79. The number of anilines is 1. The number of carbonyl (C=O) groups is 2. The molecule has 1 heterocycles. The third kappa shape index (κ3) is 4.89. The van der Waals surface area contributed by atoms with Crippen molar-refractivity contribution >= 4 is 29.3 Å². The van der Waals surface area contributed by atoms with Gasteiger partial charge in [-0.15, -0.1) is 0 Å². The standard InChI is InChI=1S/C13H14F2N2O3S/c14-13(15)20-9-3-1-2-8(6-9)16-12(19)10-7-21-5-4-11(18)17-10/h1-3,6,10,13H,4-5,7H2,(H,16,19)(H,17,18)/t10-/m0/s1. The Morgan fingerprint density at radius 1 is 1.48 bits per heavy atom. The summed E-state index contributed by atoms with van der Waals surface area (Å²) in [5, 5.41) is 5.20. The minimum absolute atomic E-state index is 0.0397. The molecule has 0 unspecified atom stereocenters. The van der Waals surface area contributed by atoms with Crippen molar-refractivity contribution in [3.8, 4) is 5.75 Å². The molecule has 1 fully saturated rings. The second-order valence-corrected chi connectivity index (χ2v) is 5.49. The van der Waals surface area contributed by atoms with Gasteiger partial charge in [-0.05, 0) is 12.1 Å². The molecule has 0 radical (unpaired) electrons. The van der Waals surface area contributed by atoms with E-state index in [0.717, 1.165) is 0 Å². The Kier molecular flexibility index (Phi) is 5.38. The summed E-state index contributed by atoms with van der Waals surface area (Å²) in [6.45, 7) is -2.92. The summed E-state index contributed by atoms with van der Waals surface area (Å²) >= 11 is 1.51. The summed E-state index contributed by atoms with van der Waals surface area (Å²) in [6, 6.07) is 5.08. The number of rotatable bonds is 4. The maximum absolute atomic E-state index is 12.1. The van der Waals surface area contributed by atoms with Crippen LogP contribution in [0, 0.1) is 0 Å². The highest BCUT2D eigenvalue weighted by molar-refractivity contribution is 7.99. The third-order valence-electron chi connectivity index (χ3n) is 2.74. The van der Waals surface area contributed by atoms with Gasteiger partial charge >= 0.3 is 6.61 Å². The van der Waals surface area contributed by atoms with Crippen molar-refractivity contribution in [1.29, 1.82) is 0 Å². The van der Waals surface area contributed by atoms with Gasteiger partial charge in [-0.2, -0.15) is 20.5 Å². The molecule has 1 aromatic rings. The van der Waals surface area contributed by atoms with Gasteiger partial charge in [-0.3, -0.25) is 9.59 Å². The number of benzene rings is 1. The van der Waals surface area contributed by atoms with Crippen molar-refractivity contribution in [3.63, 3.8) is 0 Å². The van der Waals surface area contributed by atoms with E-state index < -0.39 is 12.7 Å². The minimum atomic E-state index is -2.92. The molecule has 2 N–H and O–H groups in total. The summed E-state index contributed by atoms with van der Waals surface area (Å²) in [6.07, 6.45) is 0.381. The van der Waals surface area contributed by atoms with E-state index in [0.29, 0.717) is 23.6 Å². The molecule has 0 aromatic heterocycles. The Labute approximate surface area is 124 Å². The Hall–Kier alpha value is -1.83. The number of amides is 2. The van der Waals surface area contributed by atoms with E-state index in [1.807, 2.05) is 0 Å². The van der Waals surface area contributed by atoms with Crippen LogP contribution in [-0.2, 0) is 9.59 Å². The number of alkyl halides is 2. The lowest BCUT2D eigenvalue weighted by Crippen LogP contribution is -2.44. The number of halogens is 2. The van der Waals surface area contributed by atoms with Crippen molar-refractivity contribution < 1.29 is 23.1 Å². The van der Waals surface area contributed by atoms with E-state index in [-0.39, 0.29) is 17.6 Å². The summed E-state index contributed by atoms with van der Waals surface area (Å²) in [5.74, 6) is 0.557. The summed E-state index contributed by atoms with van der Waals surface area (Å²) < 4.78 is 28.5. The van der Waals surface area contributed by atoms with Gasteiger partial charge in [0.2, 0.25) is 11.8 Å². The summed E-state index contributed by atoms with van der Waals surface area (Å²) in [7, 11) is 0. The molecule has 1 saturated heterocycles. The molecular formula is C13H14F2N2O3S. The van der Waals surface area contributed by atoms with E-state index in [1.165, 1.54) is 30.0 Å². The number of ether oxygens (including phenoxy) is 1. The number of thioether (sulfide) groups is 1. The van der Waals surface area contributed by atoms with E-state index in [1.54, 1.807) is 6.07 Å². The zero-order valence-electron chi connectivity index (χ0n) is 11.0. The smallest absolute Gasteiger partial charge is 0.387 e. The van der Waals surface area contributed by atoms with Crippen LogP contribution in [0.3, 0.4) is 0 Å². The summed E-state index contributed by atoms with van der Waals surface area (Å²) in [5.41, 5.74) is 0.335. The molecule has 1 atom stereocenters. The van der Waals surface area contributed by atoms with Crippen LogP contribution < -0.4 is 15.4 Å². The van der Waals surface area contributed by atoms with E-state index in [9.17, 15) is 18.4 Å². The monoisotopic (exact) mass is 316 g/mol. The Balaban J connectivity index is 1.99. The van der Waals surface area contributed by atoms with Crippen LogP contribution in [0.4, 0.5) is 14.5 Å². The first kappa shape index (κ1) is 15.6. The van der Waals surface area contributed by atoms with Crippen LogP contribution in [0.5, 0.6) is 5.75 Å². The molecule has 5 nitrogen and oxygen atoms in total. The molecule has 0 saturated carbocycles. The van der Waals surface area contributed by atoms with Crippen molar-refractivity contribution in [2.45, 2.75) is 19.1 Å². The van der Waals surface area contributed by atoms with Gasteiger partial charge in [0, 0.05) is 29.7 Å². The number of nitrogens with one attached hydrogen (secondary N) is 2.